The van der Waals surface area contributed by atoms with Gasteiger partial charge in [-0.1, -0.05) is 30.3 Å². The number of halogens is 1. The van der Waals surface area contributed by atoms with Gasteiger partial charge >= 0.3 is 0 Å². The van der Waals surface area contributed by atoms with Crippen LogP contribution in [0, 0.1) is 11.3 Å². The minimum atomic E-state index is -0.552. The van der Waals surface area contributed by atoms with E-state index >= 15 is 0 Å². The van der Waals surface area contributed by atoms with Crippen LogP contribution < -0.4 is 0 Å². The molecule has 1 aromatic carbocycles. The van der Waals surface area contributed by atoms with Crippen molar-refractivity contribution in [3.05, 3.63) is 35.9 Å². The van der Waals surface area contributed by atoms with Crippen molar-refractivity contribution >= 4 is 11.6 Å². The Kier molecular flexibility index (Phi) is 4.31. The highest BCUT2D eigenvalue weighted by Gasteiger charge is 2.00. The van der Waals surface area contributed by atoms with E-state index in [0.29, 0.717) is 6.61 Å². The number of hydrogen-bond donors (Lipinski definition) is 0. The van der Waals surface area contributed by atoms with E-state index in [2.05, 4.69) is 0 Å². The quantitative estimate of drug-likeness (QED) is 0.691. The van der Waals surface area contributed by atoms with Gasteiger partial charge in [-0.2, -0.15) is 5.26 Å². The van der Waals surface area contributed by atoms with Crippen LogP contribution in [0.15, 0.2) is 30.3 Å². The van der Waals surface area contributed by atoms with Crippen molar-refractivity contribution in [3.8, 4) is 6.07 Å². The maximum absolute atomic E-state index is 8.37. The lowest BCUT2D eigenvalue weighted by molar-refractivity contribution is 0.128. The van der Waals surface area contributed by atoms with Crippen molar-refractivity contribution in [1.29, 1.82) is 5.26 Å². The molecule has 0 spiro atoms. The zero-order valence-corrected chi connectivity index (χ0v) is 7.87. The van der Waals surface area contributed by atoms with Gasteiger partial charge in [-0.05, 0) is 5.56 Å². The first-order valence-electron chi connectivity index (χ1n) is 3.98. The molecule has 1 atom stereocenters. The molecule has 0 heterocycles. The molecule has 13 heavy (non-hydrogen) atoms. The highest BCUT2D eigenvalue weighted by Crippen LogP contribution is 2.02. The molecule has 1 rings (SSSR count). The maximum atomic E-state index is 8.37. The molecule has 0 aliphatic rings. The summed E-state index contributed by atoms with van der Waals surface area (Å²) in [4.78, 5) is 0. The number of ether oxygens (including phenoxy) is 1. The topological polar surface area (TPSA) is 33.0 Å². The molecule has 0 amide bonds. The molecule has 1 aromatic rings. The standard InChI is InChI=1S/C10H10ClNO/c11-10(6-12)8-13-7-9-4-2-1-3-5-9/h1-5,10H,7-8H2. The van der Waals surface area contributed by atoms with Gasteiger partial charge in [0.25, 0.3) is 0 Å². The number of nitrogens with zero attached hydrogens (tertiary/aromatic N) is 1. The second-order valence-corrected chi connectivity index (χ2v) is 3.12. The molecule has 0 aliphatic heterocycles. The summed E-state index contributed by atoms with van der Waals surface area (Å²) in [6.45, 7) is 0.776. The van der Waals surface area contributed by atoms with Gasteiger partial charge in [0.05, 0.1) is 19.3 Å². The Morgan fingerprint density at radius 2 is 2.08 bits per heavy atom. The fourth-order valence-corrected chi connectivity index (χ4v) is 0.981. The summed E-state index contributed by atoms with van der Waals surface area (Å²) in [7, 11) is 0. The van der Waals surface area contributed by atoms with Gasteiger partial charge in [0.1, 0.15) is 5.38 Å². The molecule has 0 bridgehead atoms. The van der Waals surface area contributed by atoms with E-state index in [1.807, 2.05) is 36.4 Å². The SMILES string of the molecule is N#CC(Cl)COCc1ccccc1. The van der Waals surface area contributed by atoms with Crippen LogP contribution in [-0.2, 0) is 11.3 Å². The van der Waals surface area contributed by atoms with Crippen LogP contribution >= 0.6 is 11.6 Å². The monoisotopic (exact) mass is 195 g/mol. The predicted octanol–water partition coefficient (Wildman–Crippen LogP) is 2.33. The molecule has 0 aromatic heterocycles. The lowest BCUT2D eigenvalue weighted by Gasteiger charge is -2.03. The minimum absolute atomic E-state index is 0.271. The van der Waals surface area contributed by atoms with E-state index in [-0.39, 0.29) is 6.61 Å². The fourth-order valence-electron chi connectivity index (χ4n) is 0.892. The minimum Gasteiger partial charge on any atom is -0.374 e. The highest BCUT2D eigenvalue weighted by atomic mass is 35.5. The Bertz CT molecular complexity index is 281. The molecule has 0 fully saturated rings. The third-order valence-electron chi connectivity index (χ3n) is 1.52. The molecule has 2 nitrogen and oxygen atoms in total. The van der Waals surface area contributed by atoms with E-state index in [4.69, 9.17) is 21.6 Å². The van der Waals surface area contributed by atoms with Crippen molar-refractivity contribution in [2.75, 3.05) is 6.61 Å². The first-order chi connectivity index (χ1) is 6.33. The van der Waals surface area contributed by atoms with Crippen molar-refractivity contribution in [2.45, 2.75) is 12.0 Å². The molecule has 0 radical (unpaired) electrons. The second-order valence-electron chi connectivity index (χ2n) is 2.60. The summed E-state index contributed by atoms with van der Waals surface area (Å²) < 4.78 is 5.22. The number of alkyl halides is 1. The van der Waals surface area contributed by atoms with Crippen molar-refractivity contribution in [2.24, 2.45) is 0 Å². The van der Waals surface area contributed by atoms with Crippen molar-refractivity contribution < 1.29 is 4.74 Å². The summed E-state index contributed by atoms with van der Waals surface area (Å²) in [5.74, 6) is 0. The van der Waals surface area contributed by atoms with Crippen LogP contribution in [0.5, 0.6) is 0 Å². The predicted molar refractivity (Wildman–Crippen MR) is 51.4 cm³/mol. The van der Waals surface area contributed by atoms with Gasteiger partial charge in [-0.25, -0.2) is 0 Å². The fraction of sp³-hybridized carbons (Fsp3) is 0.300. The lowest BCUT2D eigenvalue weighted by Crippen LogP contribution is -2.06. The van der Waals surface area contributed by atoms with E-state index < -0.39 is 5.38 Å². The van der Waals surface area contributed by atoms with Crippen molar-refractivity contribution in [1.82, 2.24) is 0 Å². The van der Waals surface area contributed by atoms with Crippen LogP contribution in [0.3, 0.4) is 0 Å². The second kappa shape index (κ2) is 5.58. The molecule has 3 heteroatoms. The van der Waals surface area contributed by atoms with E-state index in [1.165, 1.54) is 0 Å². The third kappa shape index (κ3) is 3.93. The summed E-state index contributed by atoms with van der Waals surface area (Å²) in [5, 5.41) is 7.82. The highest BCUT2D eigenvalue weighted by molar-refractivity contribution is 6.22. The van der Waals surface area contributed by atoms with Crippen LogP contribution in [0.2, 0.25) is 0 Å². The Hall–Kier alpha value is -1.04. The van der Waals surface area contributed by atoms with Gasteiger partial charge in [-0.15, -0.1) is 11.6 Å². The largest absolute Gasteiger partial charge is 0.374 e. The van der Waals surface area contributed by atoms with Gasteiger partial charge in [0.2, 0.25) is 0 Å². The van der Waals surface area contributed by atoms with Crippen LogP contribution in [-0.4, -0.2) is 12.0 Å². The summed E-state index contributed by atoms with van der Waals surface area (Å²) >= 11 is 5.55. The summed E-state index contributed by atoms with van der Waals surface area (Å²) in [5.41, 5.74) is 1.09. The molecule has 1 unspecified atom stereocenters. The Morgan fingerprint density at radius 3 is 2.69 bits per heavy atom. The first kappa shape index (κ1) is 10.0. The Balaban J connectivity index is 2.25. The molecular weight excluding hydrogens is 186 g/mol. The number of nitriles is 1. The number of benzene rings is 1. The van der Waals surface area contributed by atoms with Crippen LogP contribution in [0.4, 0.5) is 0 Å². The number of rotatable bonds is 4. The summed E-state index contributed by atoms with van der Waals surface area (Å²) in [6.07, 6.45) is 0. The Labute approximate surface area is 82.7 Å². The molecule has 0 saturated carbocycles. The van der Waals surface area contributed by atoms with Gasteiger partial charge in [0.15, 0.2) is 0 Å². The van der Waals surface area contributed by atoms with Gasteiger partial charge < -0.3 is 4.74 Å². The third-order valence-corrected chi connectivity index (χ3v) is 1.74. The Morgan fingerprint density at radius 1 is 1.38 bits per heavy atom. The van der Waals surface area contributed by atoms with Gasteiger partial charge in [-0.3, -0.25) is 0 Å². The average Bonchev–Trinajstić information content (AvgIpc) is 2.19. The molecule has 0 N–H and O–H groups in total. The van der Waals surface area contributed by atoms with Crippen LogP contribution in [0.25, 0.3) is 0 Å². The van der Waals surface area contributed by atoms with Crippen molar-refractivity contribution in [3.63, 3.8) is 0 Å². The molecule has 0 saturated heterocycles. The normalized spacial score (nSPS) is 12.0. The molecular formula is C10H10ClNO. The maximum Gasteiger partial charge on any atom is 0.143 e. The zero-order chi connectivity index (χ0) is 9.52. The lowest BCUT2D eigenvalue weighted by atomic mass is 10.2. The van der Waals surface area contributed by atoms with Crippen LogP contribution in [0.1, 0.15) is 5.56 Å². The van der Waals surface area contributed by atoms with E-state index in [0.717, 1.165) is 5.56 Å². The number of hydrogen-bond acceptors (Lipinski definition) is 2. The van der Waals surface area contributed by atoms with E-state index in [9.17, 15) is 0 Å². The molecule has 68 valence electrons. The smallest absolute Gasteiger partial charge is 0.143 e. The van der Waals surface area contributed by atoms with E-state index in [1.54, 1.807) is 0 Å². The zero-order valence-electron chi connectivity index (χ0n) is 7.11. The average molecular weight is 196 g/mol. The summed E-state index contributed by atoms with van der Waals surface area (Å²) in [6, 6.07) is 11.7. The molecule has 0 aliphatic carbocycles. The van der Waals surface area contributed by atoms with Gasteiger partial charge in [0, 0.05) is 0 Å². The first-order valence-corrected chi connectivity index (χ1v) is 4.42.